The summed E-state index contributed by atoms with van der Waals surface area (Å²) in [7, 11) is 0. The molecule has 18 heavy (non-hydrogen) atoms. The largest absolute Gasteiger partial charge is 0.356 e. The highest BCUT2D eigenvalue weighted by Gasteiger charge is 2.35. The molecule has 2 N–H and O–H groups in total. The molecule has 2 fully saturated rings. The molecule has 1 atom stereocenters. The first-order chi connectivity index (χ1) is 8.24. The number of hydrogen-bond donors (Lipinski definition) is 2. The Bertz CT molecular complexity index is 255. The van der Waals surface area contributed by atoms with Crippen LogP contribution in [0.1, 0.15) is 58.3 Å². The van der Waals surface area contributed by atoms with E-state index in [1.807, 2.05) is 0 Å². The molecule has 0 aromatic carbocycles. The van der Waals surface area contributed by atoms with Crippen molar-refractivity contribution in [3.63, 3.8) is 0 Å². The Labute approximate surface area is 117 Å². The van der Waals surface area contributed by atoms with E-state index in [0.717, 1.165) is 19.5 Å². The molecule has 1 aliphatic carbocycles. The molecule has 1 amide bonds. The first-order valence-electron chi connectivity index (χ1n) is 7.24. The van der Waals surface area contributed by atoms with Crippen molar-refractivity contribution in [3.8, 4) is 0 Å². The molecule has 0 bridgehead atoms. The molecule has 0 aromatic rings. The number of carbonyl (C=O) groups is 1. The summed E-state index contributed by atoms with van der Waals surface area (Å²) in [5.74, 6) is 0.249. The maximum Gasteiger partial charge on any atom is 0.220 e. The number of amides is 1. The van der Waals surface area contributed by atoms with E-state index in [9.17, 15) is 4.79 Å². The fourth-order valence-electron chi connectivity index (χ4n) is 3.02. The average molecular weight is 275 g/mol. The molecular formula is C14H27ClN2O. The van der Waals surface area contributed by atoms with Crippen LogP contribution in [0.15, 0.2) is 0 Å². The first kappa shape index (κ1) is 15.8. The summed E-state index contributed by atoms with van der Waals surface area (Å²) in [6, 6.07) is 0.588. The van der Waals surface area contributed by atoms with Crippen LogP contribution in [0.4, 0.5) is 0 Å². The summed E-state index contributed by atoms with van der Waals surface area (Å²) in [6.45, 7) is 4.28. The van der Waals surface area contributed by atoms with E-state index in [2.05, 4.69) is 17.6 Å². The zero-order valence-corrected chi connectivity index (χ0v) is 12.3. The van der Waals surface area contributed by atoms with Crippen molar-refractivity contribution in [2.24, 2.45) is 5.41 Å². The standard InChI is InChI=1S/C14H26N2O.ClH/c1-2-14(8-4-9-14)11-16-13(17)7-6-12-5-3-10-15-12;/h12,15H,2-11H2,1H3,(H,16,17);1H. The second kappa shape index (κ2) is 7.34. The second-order valence-electron chi connectivity index (χ2n) is 5.82. The normalized spacial score (nSPS) is 25.1. The summed E-state index contributed by atoms with van der Waals surface area (Å²) in [5.41, 5.74) is 0.446. The lowest BCUT2D eigenvalue weighted by Gasteiger charge is -2.41. The lowest BCUT2D eigenvalue weighted by atomic mass is 9.67. The van der Waals surface area contributed by atoms with Crippen molar-refractivity contribution in [1.82, 2.24) is 10.6 Å². The van der Waals surface area contributed by atoms with Crippen LogP contribution in [-0.2, 0) is 4.79 Å². The predicted molar refractivity (Wildman–Crippen MR) is 77.1 cm³/mol. The number of nitrogens with one attached hydrogen (secondary N) is 2. The van der Waals surface area contributed by atoms with Crippen LogP contribution < -0.4 is 10.6 Å². The summed E-state index contributed by atoms with van der Waals surface area (Å²) in [5, 5.41) is 6.57. The topological polar surface area (TPSA) is 41.1 Å². The second-order valence-corrected chi connectivity index (χ2v) is 5.82. The number of rotatable bonds is 6. The summed E-state index contributed by atoms with van der Waals surface area (Å²) < 4.78 is 0. The van der Waals surface area contributed by atoms with Crippen LogP contribution in [0.3, 0.4) is 0 Å². The molecule has 106 valence electrons. The molecule has 1 saturated carbocycles. The first-order valence-corrected chi connectivity index (χ1v) is 7.24. The van der Waals surface area contributed by atoms with Crippen molar-refractivity contribution in [2.45, 2.75) is 64.3 Å². The number of hydrogen-bond acceptors (Lipinski definition) is 2. The maximum absolute atomic E-state index is 11.8. The van der Waals surface area contributed by atoms with Gasteiger partial charge in [-0.2, -0.15) is 0 Å². The van der Waals surface area contributed by atoms with E-state index in [-0.39, 0.29) is 18.3 Å². The molecule has 2 aliphatic rings. The molecular weight excluding hydrogens is 248 g/mol. The molecule has 1 saturated heterocycles. The third kappa shape index (κ3) is 4.13. The molecule has 1 aliphatic heterocycles. The minimum Gasteiger partial charge on any atom is -0.356 e. The lowest BCUT2D eigenvalue weighted by Crippen LogP contribution is -2.41. The van der Waals surface area contributed by atoms with Gasteiger partial charge in [-0.3, -0.25) is 4.79 Å². The minimum atomic E-state index is 0. The zero-order valence-electron chi connectivity index (χ0n) is 11.5. The van der Waals surface area contributed by atoms with Gasteiger partial charge >= 0.3 is 0 Å². The smallest absolute Gasteiger partial charge is 0.220 e. The molecule has 0 aromatic heterocycles. The van der Waals surface area contributed by atoms with Crippen molar-refractivity contribution in [2.75, 3.05) is 13.1 Å². The maximum atomic E-state index is 11.8. The molecule has 1 heterocycles. The van der Waals surface area contributed by atoms with Crippen LogP contribution in [-0.4, -0.2) is 25.0 Å². The monoisotopic (exact) mass is 274 g/mol. The van der Waals surface area contributed by atoms with Gasteiger partial charge in [-0.05, 0) is 50.5 Å². The Kier molecular flexibility index (Phi) is 6.44. The van der Waals surface area contributed by atoms with Gasteiger partial charge in [0, 0.05) is 19.0 Å². The van der Waals surface area contributed by atoms with Gasteiger partial charge in [-0.25, -0.2) is 0 Å². The van der Waals surface area contributed by atoms with Gasteiger partial charge in [0.2, 0.25) is 5.91 Å². The Morgan fingerprint density at radius 1 is 1.39 bits per heavy atom. The number of carbonyl (C=O) groups excluding carboxylic acids is 1. The van der Waals surface area contributed by atoms with E-state index in [1.54, 1.807) is 0 Å². The van der Waals surface area contributed by atoms with E-state index in [0.29, 0.717) is 17.9 Å². The average Bonchev–Trinajstić information content (AvgIpc) is 2.78. The predicted octanol–water partition coefficient (Wildman–Crippen LogP) is 2.64. The SMILES string of the molecule is CCC1(CNC(=O)CCC2CCCN2)CCC1.Cl. The van der Waals surface area contributed by atoms with E-state index in [1.165, 1.54) is 38.5 Å². The van der Waals surface area contributed by atoms with Crippen molar-refractivity contribution in [1.29, 1.82) is 0 Å². The fraction of sp³-hybridized carbons (Fsp3) is 0.929. The summed E-state index contributed by atoms with van der Waals surface area (Å²) in [6.07, 6.45) is 9.36. The Morgan fingerprint density at radius 2 is 2.17 bits per heavy atom. The van der Waals surface area contributed by atoms with Crippen molar-refractivity contribution >= 4 is 18.3 Å². The Balaban J connectivity index is 0.00000162. The van der Waals surface area contributed by atoms with Gasteiger partial charge < -0.3 is 10.6 Å². The van der Waals surface area contributed by atoms with E-state index < -0.39 is 0 Å². The van der Waals surface area contributed by atoms with Crippen LogP contribution in [0.5, 0.6) is 0 Å². The lowest BCUT2D eigenvalue weighted by molar-refractivity contribution is -0.122. The third-order valence-electron chi connectivity index (χ3n) is 4.71. The molecule has 1 unspecified atom stereocenters. The highest BCUT2D eigenvalue weighted by Crippen LogP contribution is 2.43. The quantitative estimate of drug-likeness (QED) is 0.782. The van der Waals surface area contributed by atoms with Gasteiger partial charge in [0.1, 0.15) is 0 Å². The number of halogens is 1. The van der Waals surface area contributed by atoms with Crippen molar-refractivity contribution < 1.29 is 4.79 Å². The zero-order chi connectivity index (χ0) is 12.1. The molecule has 3 nitrogen and oxygen atoms in total. The molecule has 0 radical (unpaired) electrons. The molecule has 4 heteroatoms. The van der Waals surface area contributed by atoms with Crippen LogP contribution in [0.25, 0.3) is 0 Å². The Morgan fingerprint density at radius 3 is 2.67 bits per heavy atom. The molecule has 2 rings (SSSR count). The van der Waals surface area contributed by atoms with Gasteiger partial charge in [-0.1, -0.05) is 13.3 Å². The van der Waals surface area contributed by atoms with E-state index in [4.69, 9.17) is 0 Å². The van der Waals surface area contributed by atoms with E-state index >= 15 is 0 Å². The minimum absolute atomic E-state index is 0. The van der Waals surface area contributed by atoms with Gasteiger partial charge in [0.15, 0.2) is 0 Å². The van der Waals surface area contributed by atoms with Gasteiger partial charge in [0.25, 0.3) is 0 Å². The summed E-state index contributed by atoms with van der Waals surface area (Å²) >= 11 is 0. The third-order valence-corrected chi connectivity index (χ3v) is 4.71. The van der Waals surface area contributed by atoms with Crippen LogP contribution in [0, 0.1) is 5.41 Å². The van der Waals surface area contributed by atoms with Gasteiger partial charge in [-0.15, -0.1) is 12.4 Å². The highest BCUT2D eigenvalue weighted by atomic mass is 35.5. The molecule has 0 spiro atoms. The summed E-state index contributed by atoms with van der Waals surface area (Å²) in [4.78, 5) is 11.8. The highest BCUT2D eigenvalue weighted by molar-refractivity contribution is 5.85. The van der Waals surface area contributed by atoms with Crippen LogP contribution >= 0.6 is 12.4 Å². The van der Waals surface area contributed by atoms with Crippen molar-refractivity contribution in [3.05, 3.63) is 0 Å². The Hall–Kier alpha value is -0.280. The fourth-order valence-corrected chi connectivity index (χ4v) is 3.02. The van der Waals surface area contributed by atoms with Crippen LogP contribution in [0.2, 0.25) is 0 Å². The van der Waals surface area contributed by atoms with Gasteiger partial charge in [0.05, 0.1) is 0 Å².